The first-order chi connectivity index (χ1) is 15.2. The Morgan fingerprint density at radius 2 is 1.97 bits per heavy atom. The fourth-order valence-corrected chi connectivity index (χ4v) is 5.54. The Bertz CT molecular complexity index is 1200. The number of aromatic hydroxyl groups is 1. The minimum Gasteiger partial charge on any atom is -0.508 e. The van der Waals surface area contributed by atoms with Gasteiger partial charge in [0.05, 0.1) is 17.4 Å². The molecule has 0 bridgehead atoms. The number of amides is 1. The fourth-order valence-electron chi connectivity index (χ4n) is 5.54. The Kier molecular flexibility index (Phi) is 4.30. The second-order valence-corrected chi connectivity index (χ2v) is 8.65. The molecule has 0 aliphatic heterocycles. The molecule has 2 unspecified atom stereocenters. The summed E-state index contributed by atoms with van der Waals surface area (Å²) in [6.45, 7) is 0. The van der Waals surface area contributed by atoms with Crippen LogP contribution in [0.2, 0.25) is 0 Å². The van der Waals surface area contributed by atoms with Crippen molar-refractivity contribution >= 4 is 17.5 Å². The van der Waals surface area contributed by atoms with Crippen molar-refractivity contribution in [3.8, 4) is 11.4 Å². The van der Waals surface area contributed by atoms with E-state index in [1.54, 1.807) is 29.2 Å². The van der Waals surface area contributed by atoms with Crippen LogP contribution < -0.4 is 5.73 Å². The van der Waals surface area contributed by atoms with Gasteiger partial charge in [0.15, 0.2) is 17.2 Å². The number of carbonyl (C=O) groups is 3. The molecule has 0 saturated heterocycles. The number of carbonyl (C=O) groups excluding carboxylic acids is 3. The highest BCUT2D eigenvalue weighted by atomic mass is 16.3. The highest BCUT2D eigenvalue weighted by molar-refractivity contribution is 6.15. The van der Waals surface area contributed by atoms with Gasteiger partial charge in [-0.1, -0.05) is 0 Å². The Balaban J connectivity index is 1.68. The molecule has 6 N–H and O–H groups in total. The molecule has 10 heteroatoms. The fraction of sp³-hybridized carbons (Fsp3) is 0.364. The lowest BCUT2D eigenvalue weighted by atomic mass is 9.58. The van der Waals surface area contributed by atoms with Crippen LogP contribution in [-0.2, 0) is 16.0 Å². The normalized spacial score (nSPS) is 31.7. The number of aromatic nitrogens is 2. The van der Waals surface area contributed by atoms with Gasteiger partial charge in [-0.05, 0) is 48.9 Å². The third kappa shape index (κ3) is 2.53. The molecule has 0 radical (unpaired) electrons. The molecule has 1 fully saturated rings. The number of hydrogen-bond acceptors (Lipinski definition) is 8. The number of aliphatic hydroxyl groups excluding tert-OH is 2. The second-order valence-electron chi connectivity index (χ2n) is 8.65. The first-order valence-corrected chi connectivity index (χ1v) is 10.2. The Morgan fingerprint density at radius 1 is 1.22 bits per heavy atom. The number of ketones is 2. The molecule has 166 valence electrons. The number of aliphatic hydroxyl groups is 3. The van der Waals surface area contributed by atoms with Gasteiger partial charge in [0.1, 0.15) is 17.4 Å². The van der Waals surface area contributed by atoms with Gasteiger partial charge in [0, 0.05) is 23.9 Å². The molecular weight excluding hydrogens is 418 g/mol. The zero-order valence-corrected chi connectivity index (χ0v) is 16.8. The number of rotatable bonds is 2. The average molecular weight is 439 g/mol. The number of allylic oxidation sites excluding steroid dienone is 1. The third-order valence-corrected chi connectivity index (χ3v) is 7.00. The molecule has 2 aromatic rings. The van der Waals surface area contributed by atoms with Gasteiger partial charge in [-0.25, -0.2) is 4.68 Å². The van der Waals surface area contributed by atoms with Crippen LogP contribution in [0.1, 0.15) is 28.8 Å². The molecule has 1 heterocycles. The summed E-state index contributed by atoms with van der Waals surface area (Å²) in [6.07, 6.45) is 2.08. The molecule has 0 spiro atoms. The number of nitrogens with two attached hydrogens (primary N) is 1. The maximum atomic E-state index is 13.4. The number of phenols is 1. The minimum atomic E-state index is -2.51. The van der Waals surface area contributed by atoms with Crippen molar-refractivity contribution in [3.05, 3.63) is 53.1 Å². The monoisotopic (exact) mass is 439 g/mol. The van der Waals surface area contributed by atoms with Gasteiger partial charge in [0.25, 0.3) is 0 Å². The summed E-state index contributed by atoms with van der Waals surface area (Å²) >= 11 is 0. The number of phenolic OH excluding ortho intramolecular Hbond substituents is 1. The van der Waals surface area contributed by atoms with Crippen molar-refractivity contribution in [1.29, 1.82) is 0 Å². The van der Waals surface area contributed by atoms with E-state index >= 15 is 0 Å². The molecule has 1 saturated carbocycles. The molecule has 5 rings (SSSR count). The molecule has 1 amide bonds. The first kappa shape index (κ1) is 20.4. The molecule has 5 atom stereocenters. The molecule has 10 nitrogen and oxygen atoms in total. The van der Waals surface area contributed by atoms with E-state index in [0.29, 0.717) is 11.3 Å². The molecule has 3 aliphatic carbocycles. The van der Waals surface area contributed by atoms with Crippen LogP contribution in [0.5, 0.6) is 5.75 Å². The summed E-state index contributed by atoms with van der Waals surface area (Å²) in [5, 5.41) is 47.2. The van der Waals surface area contributed by atoms with E-state index in [4.69, 9.17) is 5.73 Å². The number of fused-ring (bicyclic) bond motifs is 3. The van der Waals surface area contributed by atoms with Crippen molar-refractivity contribution in [3.63, 3.8) is 0 Å². The number of nitrogens with zero attached hydrogens (tertiary/aromatic N) is 2. The summed E-state index contributed by atoms with van der Waals surface area (Å²) in [6, 6.07) is 4.69. The van der Waals surface area contributed by atoms with Gasteiger partial charge in [-0.15, -0.1) is 0 Å². The lowest BCUT2D eigenvalue weighted by Crippen LogP contribution is -2.63. The zero-order chi connectivity index (χ0) is 22.9. The summed E-state index contributed by atoms with van der Waals surface area (Å²) in [5.74, 6) is -7.24. The SMILES string of the molecule is NC(=O)C1C(=O)[C@@]2(O)C(O)=C3C(=O)c4c(O)ccc(-n5cccn5)c4C[C@H]3C[C@H]2CC1O. The number of benzene rings is 1. The first-order valence-electron chi connectivity index (χ1n) is 10.2. The third-order valence-electron chi connectivity index (χ3n) is 7.00. The van der Waals surface area contributed by atoms with Crippen LogP contribution >= 0.6 is 0 Å². The number of primary amides is 1. The number of Topliss-reactive ketones (excluding diaryl/α,β-unsaturated/α-hetero) is 2. The van der Waals surface area contributed by atoms with E-state index in [1.807, 2.05) is 0 Å². The maximum absolute atomic E-state index is 13.4. The summed E-state index contributed by atoms with van der Waals surface area (Å²) in [5.41, 5.74) is 3.65. The molecule has 32 heavy (non-hydrogen) atoms. The van der Waals surface area contributed by atoms with E-state index in [0.717, 1.165) is 0 Å². The van der Waals surface area contributed by atoms with Crippen LogP contribution in [0.3, 0.4) is 0 Å². The van der Waals surface area contributed by atoms with Gasteiger partial charge >= 0.3 is 0 Å². The maximum Gasteiger partial charge on any atom is 0.230 e. The zero-order valence-electron chi connectivity index (χ0n) is 16.8. The average Bonchev–Trinajstić information content (AvgIpc) is 3.25. The Labute approximate surface area is 181 Å². The van der Waals surface area contributed by atoms with Crippen molar-refractivity contribution in [2.45, 2.75) is 31.0 Å². The van der Waals surface area contributed by atoms with Crippen LogP contribution in [0, 0.1) is 17.8 Å². The predicted octanol–water partition coefficient (Wildman–Crippen LogP) is -0.0688. The second kappa shape index (κ2) is 6.75. The van der Waals surface area contributed by atoms with Crippen molar-refractivity contribution in [1.82, 2.24) is 9.78 Å². The quantitative estimate of drug-likeness (QED) is 0.404. The highest BCUT2D eigenvalue weighted by Gasteiger charge is 2.62. The van der Waals surface area contributed by atoms with E-state index in [9.17, 15) is 34.8 Å². The van der Waals surface area contributed by atoms with Gasteiger partial charge < -0.3 is 26.2 Å². The Hall–Kier alpha value is -3.50. The van der Waals surface area contributed by atoms with Crippen LogP contribution in [-0.4, -0.2) is 59.4 Å². The summed E-state index contributed by atoms with van der Waals surface area (Å²) in [4.78, 5) is 38.1. The van der Waals surface area contributed by atoms with Crippen molar-refractivity contribution in [2.24, 2.45) is 23.5 Å². The number of hydrogen-bond donors (Lipinski definition) is 5. The smallest absolute Gasteiger partial charge is 0.230 e. The van der Waals surface area contributed by atoms with Crippen LogP contribution in [0.25, 0.3) is 5.69 Å². The topological polar surface area (TPSA) is 176 Å². The van der Waals surface area contributed by atoms with Gasteiger partial charge in [-0.2, -0.15) is 5.10 Å². The van der Waals surface area contributed by atoms with Crippen LogP contribution in [0.4, 0.5) is 0 Å². The molecule has 1 aromatic heterocycles. The largest absolute Gasteiger partial charge is 0.508 e. The van der Waals surface area contributed by atoms with Crippen LogP contribution in [0.15, 0.2) is 41.9 Å². The molecule has 3 aliphatic rings. The Morgan fingerprint density at radius 3 is 2.62 bits per heavy atom. The van der Waals surface area contributed by atoms with E-state index < -0.39 is 52.7 Å². The lowest BCUT2D eigenvalue weighted by Gasteiger charge is -2.48. The van der Waals surface area contributed by atoms with E-state index in [-0.39, 0.29) is 36.1 Å². The predicted molar refractivity (Wildman–Crippen MR) is 108 cm³/mol. The van der Waals surface area contributed by atoms with Gasteiger partial charge in [0.2, 0.25) is 5.91 Å². The standard InChI is InChI=1S/C22H21N3O7/c23-21(31)17-14(27)8-10-6-9-7-11-12(25-5-1-4-24-25)2-3-13(26)16(11)18(28)15(9)19(29)22(10,32)20(17)30/h1-5,9-10,14,17,26-27,29,32H,6-8H2,(H2,23,31)/t9-,10+,14?,17?,22+/m1/s1. The molecule has 1 aromatic carbocycles. The van der Waals surface area contributed by atoms with Crippen molar-refractivity contribution < 1.29 is 34.8 Å². The highest BCUT2D eigenvalue weighted by Crippen LogP contribution is 2.52. The van der Waals surface area contributed by atoms with Gasteiger partial charge in [-0.3, -0.25) is 14.4 Å². The lowest BCUT2D eigenvalue weighted by molar-refractivity contribution is -0.167. The summed E-state index contributed by atoms with van der Waals surface area (Å²) < 4.78 is 1.56. The van der Waals surface area contributed by atoms with E-state index in [2.05, 4.69) is 5.10 Å². The molecular formula is C22H21N3O7. The van der Waals surface area contributed by atoms with Crippen molar-refractivity contribution in [2.75, 3.05) is 0 Å². The minimum absolute atomic E-state index is 0.0346. The van der Waals surface area contributed by atoms with E-state index in [1.165, 1.54) is 6.07 Å². The summed E-state index contributed by atoms with van der Waals surface area (Å²) in [7, 11) is 0.